The summed E-state index contributed by atoms with van der Waals surface area (Å²) in [5.74, 6) is -0.700. The van der Waals surface area contributed by atoms with Crippen LogP contribution in [0.1, 0.15) is 56.0 Å². The number of hydrogen-bond acceptors (Lipinski definition) is 3. The Bertz CT molecular complexity index is 449. The fraction of sp³-hybridized carbons (Fsp3) is 0.533. The van der Waals surface area contributed by atoms with Crippen molar-refractivity contribution in [1.82, 2.24) is 0 Å². The van der Waals surface area contributed by atoms with Crippen LogP contribution in [0.2, 0.25) is 0 Å². The minimum absolute atomic E-state index is 0.0132. The molecule has 0 aliphatic carbocycles. The first-order valence-electron chi connectivity index (χ1n) is 6.53. The van der Waals surface area contributed by atoms with Gasteiger partial charge in [0.05, 0.1) is 11.2 Å². The molecule has 0 fully saturated rings. The number of carboxylic acid groups (broad SMARTS) is 1. The summed E-state index contributed by atoms with van der Waals surface area (Å²) in [5.41, 5.74) is -0.754. The number of phenolic OH excluding ortho intramolecular Hbond substituents is 1. The summed E-state index contributed by atoms with van der Waals surface area (Å²) < 4.78 is 0. The van der Waals surface area contributed by atoms with Crippen molar-refractivity contribution in [3.8, 4) is 5.75 Å². The lowest BCUT2D eigenvalue weighted by molar-refractivity contribution is 0.0416. The molecule has 1 atom stereocenters. The second-order valence-electron chi connectivity index (χ2n) is 5.60. The van der Waals surface area contributed by atoms with Gasteiger partial charge < -0.3 is 15.3 Å². The van der Waals surface area contributed by atoms with Gasteiger partial charge in [-0.05, 0) is 37.8 Å². The molecular formula is C15H22O4. The normalized spacial score (nSPS) is 14.4. The molecular weight excluding hydrogens is 244 g/mol. The number of aliphatic hydroxyl groups is 1. The molecule has 1 rings (SSSR count). The van der Waals surface area contributed by atoms with Gasteiger partial charge in [-0.3, -0.25) is 0 Å². The van der Waals surface area contributed by atoms with Crippen molar-refractivity contribution in [2.75, 3.05) is 0 Å². The zero-order valence-electron chi connectivity index (χ0n) is 11.7. The zero-order chi connectivity index (χ0) is 14.6. The van der Waals surface area contributed by atoms with E-state index >= 15 is 0 Å². The maximum Gasteiger partial charge on any atom is 0.335 e. The lowest BCUT2D eigenvalue weighted by atomic mass is 9.88. The van der Waals surface area contributed by atoms with Gasteiger partial charge in [0.2, 0.25) is 0 Å². The highest BCUT2D eigenvalue weighted by Crippen LogP contribution is 2.34. The third-order valence-electron chi connectivity index (χ3n) is 3.27. The topological polar surface area (TPSA) is 77.8 Å². The van der Waals surface area contributed by atoms with E-state index in [4.69, 9.17) is 5.11 Å². The zero-order valence-corrected chi connectivity index (χ0v) is 11.7. The summed E-state index contributed by atoms with van der Waals surface area (Å²) in [7, 11) is 0. The molecule has 0 saturated carbocycles. The van der Waals surface area contributed by atoms with Crippen LogP contribution in [-0.2, 0) is 5.60 Å². The monoisotopic (exact) mass is 266 g/mol. The van der Waals surface area contributed by atoms with Gasteiger partial charge >= 0.3 is 5.97 Å². The average Bonchev–Trinajstić information content (AvgIpc) is 2.27. The number of aromatic carboxylic acids is 1. The third-order valence-corrected chi connectivity index (χ3v) is 3.27. The van der Waals surface area contributed by atoms with Crippen LogP contribution in [0.5, 0.6) is 5.75 Å². The van der Waals surface area contributed by atoms with E-state index in [0.29, 0.717) is 17.9 Å². The van der Waals surface area contributed by atoms with Crippen molar-refractivity contribution in [1.29, 1.82) is 0 Å². The largest absolute Gasteiger partial charge is 0.508 e. The van der Waals surface area contributed by atoms with Crippen LogP contribution in [-0.4, -0.2) is 21.3 Å². The first kappa shape index (κ1) is 15.5. The van der Waals surface area contributed by atoms with Crippen molar-refractivity contribution < 1.29 is 20.1 Å². The Morgan fingerprint density at radius 3 is 2.47 bits per heavy atom. The van der Waals surface area contributed by atoms with Crippen molar-refractivity contribution >= 4 is 5.97 Å². The summed E-state index contributed by atoms with van der Waals surface area (Å²) in [6.45, 7) is 5.88. The van der Waals surface area contributed by atoms with Crippen molar-refractivity contribution in [2.45, 2.75) is 45.6 Å². The summed E-state index contributed by atoms with van der Waals surface area (Å²) >= 11 is 0. The van der Waals surface area contributed by atoms with Gasteiger partial charge in [0.1, 0.15) is 5.75 Å². The molecule has 4 heteroatoms. The molecule has 3 N–H and O–H groups in total. The van der Waals surface area contributed by atoms with Crippen LogP contribution < -0.4 is 0 Å². The van der Waals surface area contributed by atoms with Gasteiger partial charge in [-0.1, -0.05) is 26.3 Å². The van der Waals surface area contributed by atoms with Gasteiger partial charge in [0.15, 0.2) is 0 Å². The Hall–Kier alpha value is -1.55. The van der Waals surface area contributed by atoms with Gasteiger partial charge in [-0.2, -0.15) is 0 Å². The molecule has 0 amide bonds. The molecule has 0 aliphatic rings. The molecule has 0 aliphatic heterocycles. The van der Waals surface area contributed by atoms with Gasteiger partial charge in [-0.15, -0.1) is 0 Å². The Kier molecular flexibility index (Phi) is 4.95. The summed E-state index contributed by atoms with van der Waals surface area (Å²) in [6.07, 6.45) is 2.39. The van der Waals surface area contributed by atoms with E-state index in [1.54, 1.807) is 6.92 Å². The van der Waals surface area contributed by atoms with Crippen LogP contribution in [0.15, 0.2) is 18.2 Å². The maximum absolute atomic E-state index is 10.8. The summed E-state index contributed by atoms with van der Waals surface area (Å²) in [4.78, 5) is 10.8. The minimum atomic E-state index is -1.14. The SMILES string of the molecule is CC(C)CCC[C@@](C)(O)c1ccc(C(=O)O)cc1O. The number of phenols is 1. The number of hydrogen-bond donors (Lipinski definition) is 3. The average molecular weight is 266 g/mol. The second kappa shape index (κ2) is 6.06. The fourth-order valence-corrected chi connectivity index (χ4v) is 2.11. The van der Waals surface area contributed by atoms with Crippen molar-refractivity contribution in [3.63, 3.8) is 0 Å². The standard InChI is InChI=1S/C15H22O4/c1-10(2)5-4-8-15(3,19)12-7-6-11(14(17)18)9-13(12)16/h6-7,9-10,16,19H,4-5,8H2,1-3H3,(H,17,18)/t15-/m1/s1. The quantitative estimate of drug-likeness (QED) is 0.739. The van der Waals surface area contributed by atoms with Crippen molar-refractivity contribution in [3.05, 3.63) is 29.3 Å². The number of benzene rings is 1. The Balaban J connectivity index is 2.85. The van der Waals surface area contributed by atoms with E-state index < -0.39 is 11.6 Å². The fourth-order valence-electron chi connectivity index (χ4n) is 2.11. The maximum atomic E-state index is 10.8. The second-order valence-corrected chi connectivity index (χ2v) is 5.60. The molecule has 0 saturated heterocycles. The molecule has 0 unspecified atom stereocenters. The lowest BCUT2D eigenvalue weighted by Crippen LogP contribution is -2.21. The molecule has 106 valence electrons. The highest BCUT2D eigenvalue weighted by atomic mass is 16.4. The minimum Gasteiger partial charge on any atom is -0.508 e. The molecule has 0 bridgehead atoms. The predicted molar refractivity (Wildman–Crippen MR) is 73.3 cm³/mol. The molecule has 1 aromatic rings. The van der Waals surface area contributed by atoms with Crippen molar-refractivity contribution in [2.24, 2.45) is 5.92 Å². The van der Waals surface area contributed by atoms with Crippen LogP contribution in [0.3, 0.4) is 0 Å². The number of carboxylic acids is 1. The third kappa shape index (κ3) is 4.24. The molecule has 0 radical (unpaired) electrons. The van der Waals surface area contributed by atoms with Gasteiger partial charge in [-0.25, -0.2) is 4.79 Å². The van der Waals surface area contributed by atoms with E-state index in [1.165, 1.54) is 18.2 Å². The Labute approximate surface area is 113 Å². The van der Waals surface area contributed by atoms with Crippen LogP contribution in [0.25, 0.3) is 0 Å². The van der Waals surface area contributed by atoms with E-state index in [-0.39, 0.29) is 11.3 Å². The highest BCUT2D eigenvalue weighted by molar-refractivity contribution is 5.88. The molecule has 19 heavy (non-hydrogen) atoms. The Morgan fingerprint density at radius 2 is 2.00 bits per heavy atom. The molecule has 0 aromatic heterocycles. The predicted octanol–water partition coefficient (Wildman–Crippen LogP) is 3.12. The van der Waals surface area contributed by atoms with E-state index in [0.717, 1.165) is 12.8 Å². The Morgan fingerprint density at radius 1 is 1.37 bits per heavy atom. The summed E-state index contributed by atoms with van der Waals surface area (Å²) in [5, 5.41) is 29.1. The smallest absolute Gasteiger partial charge is 0.335 e. The van der Waals surface area contributed by atoms with Gasteiger partial charge in [0, 0.05) is 5.56 Å². The molecule has 1 aromatic carbocycles. The molecule has 4 nitrogen and oxygen atoms in total. The summed E-state index contributed by atoms with van der Waals surface area (Å²) in [6, 6.07) is 4.05. The van der Waals surface area contributed by atoms with Crippen LogP contribution in [0, 0.1) is 5.92 Å². The lowest BCUT2D eigenvalue weighted by Gasteiger charge is -2.25. The number of rotatable bonds is 6. The van der Waals surface area contributed by atoms with Crippen LogP contribution in [0.4, 0.5) is 0 Å². The van der Waals surface area contributed by atoms with E-state index in [2.05, 4.69) is 13.8 Å². The number of carbonyl (C=O) groups is 1. The highest BCUT2D eigenvalue weighted by Gasteiger charge is 2.26. The van der Waals surface area contributed by atoms with Gasteiger partial charge in [0.25, 0.3) is 0 Å². The van der Waals surface area contributed by atoms with E-state index in [1.807, 2.05) is 0 Å². The van der Waals surface area contributed by atoms with E-state index in [9.17, 15) is 15.0 Å². The first-order valence-corrected chi connectivity index (χ1v) is 6.53. The first-order chi connectivity index (χ1) is 8.74. The van der Waals surface area contributed by atoms with Crippen LogP contribution >= 0.6 is 0 Å². The molecule has 0 heterocycles. The number of aromatic hydroxyl groups is 1. The molecule has 0 spiro atoms.